The van der Waals surface area contributed by atoms with E-state index < -0.39 is 5.97 Å². The number of halogens is 2. The number of carbonyl (C=O) groups excluding carboxylic acids is 1. The predicted octanol–water partition coefficient (Wildman–Crippen LogP) is 2.96. The van der Waals surface area contributed by atoms with Crippen molar-refractivity contribution in [2.75, 3.05) is 0 Å². The molecule has 0 aliphatic heterocycles. The summed E-state index contributed by atoms with van der Waals surface area (Å²) >= 11 is 5.14. The largest absolute Gasteiger partial charge is 0.478 e. The molecule has 5 heteroatoms. The predicted molar refractivity (Wildman–Crippen MR) is 68.8 cm³/mol. The highest BCUT2D eigenvalue weighted by Crippen LogP contribution is 2.18. The van der Waals surface area contributed by atoms with Gasteiger partial charge in [-0.1, -0.05) is 15.9 Å². The van der Waals surface area contributed by atoms with Crippen LogP contribution in [-0.2, 0) is 0 Å². The molecule has 0 radical (unpaired) electrons. The highest BCUT2D eigenvalue weighted by Gasteiger charge is 2.19. The van der Waals surface area contributed by atoms with Crippen molar-refractivity contribution in [1.29, 1.82) is 0 Å². The lowest BCUT2D eigenvalue weighted by Gasteiger charge is -2.07. The molecule has 1 rings (SSSR count). The van der Waals surface area contributed by atoms with E-state index in [0.717, 1.165) is 3.57 Å². The number of hydrogen-bond donors (Lipinski definition) is 1. The normalized spacial score (nSPS) is 12.2. The van der Waals surface area contributed by atoms with Crippen LogP contribution in [0.1, 0.15) is 27.6 Å². The Labute approximate surface area is 109 Å². The third-order valence-electron chi connectivity index (χ3n) is 1.84. The average molecular weight is 383 g/mol. The zero-order valence-electron chi connectivity index (χ0n) is 7.83. The van der Waals surface area contributed by atoms with Gasteiger partial charge in [-0.25, -0.2) is 4.79 Å². The van der Waals surface area contributed by atoms with E-state index in [0.29, 0.717) is 0 Å². The van der Waals surface area contributed by atoms with Crippen molar-refractivity contribution in [2.24, 2.45) is 0 Å². The topological polar surface area (TPSA) is 54.4 Å². The van der Waals surface area contributed by atoms with E-state index >= 15 is 0 Å². The summed E-state index contributed by atoms with van der Waals surface area (Å²) in [4.78, 5) is 22.2. The van der Waals surface area contributed by atoms with Gasteiger partial charge < -0.3 is 5.11 Å². The summed E-state index contributed by atoms with van der Waals surface area (Å²) in [5, 5.41) is 8.95. The molecule has 0 saturated carbocycles. The second-order valence-corrected chi connectivity index (χ2v) is 5.59. The van der Waals surface area contributed by atoms with E-state index in [4.69, 9.17) is 5.11 Å². The standard InChI is InChI=1S/C10H8BrIO3/c1-5(11)9(13)7-3-2-6(12)4-8(7)10(14)15/h2-5H,1H3,(H,14,15). The van der Waals surface area contributed by atoms with E-state index in [-0.39, 0.29) is 21.7 Å². The number of rotatable bonds is 3. The molecular weight excluding hydrogens is 375 g/mol. The van der Waals surface area contributed by atoms with Crippen LogP contribution in [-0.4, -0.2) is 21.7 Å². The molecule has 3 nitrogen and oxygen atoms in total. The maximum atomic E-state index is 11.7. The summed E-state index contributed by atoms with van der Waals surface area (Å²) in [5.41, 5.74) is 0.297. The van der Waals surface area contributed by atoms with Crippen LogP contribution in [0.3, 0.4) is 0 Å². The Morgan fingerprint density at radius 1 is 1.40 bits per heavy atom. The van der Waals surface area contributed by atoms with Crippen molar-refractivity contribution in [2.45, 2.75) is 11.8 Å². The average Bonchev–Trinajstić information content (AvgIpc) is 2.16. The zero-order chi connectivity index (χ0) is 11.6. The van der Waals surface area contributed by atoms with Crippen LogP contribution in [0, 0.1) is 3.57 Å². The van der Waals surface area contributed by atoms with E-state index in [9.17, 15) is 9.59 Å². The van der Waals surface area contributed by atoms with Crippen molar-refractivity contribution in [1.82, 2.24) is 0 Å². The molecule has 0 spiro atoms. The van der Waals surface area contributed by atoms with Gasteiger partial charge in [0, 0.05) is 9.13 Å². The lowest BCUT2D eigenvalue weighted by molar-refractivity contribution is 0.0692. The van der Waals surface area contributed by atoms with E-state index in [1.165, 1.54) is 6.07 Å². The summed E-state index contributed by atoms with van der Waals surface area (Å²) in [6.45, 7) is 1.67. The van der Waals surface area contributed by atoms with Crippen LogP contribution in [0.15, 0.2) is 18.2 Å². The first kappa shape index (κ1) is 12.6. The Balaban J connectivity index is 3.29. The molecule has 1 aromatic rings. The number of carboxylic acids is 1. The molecule has 1 aromatic carbocycles. The highest BCUT2D eigenvalue weighted by atomic mass is 127. The van der Waals surface area contributed by atoms with Crippen LogP contribution >= 0.6 is 38.5 Å². The highest BCUT2D eigenvalue weighted by molar-refractivity contribution is 14.1. The molecule has 0 heterocycles. The Morgan fingerprint density at radius 2 is 2.00 bits per heavy atom. The maximum absolute atomic E-state index is 11.7. The summed E-state index contributed by atoms with van der Waals surface area (Å²) in [6.07, 6.45) is 0. The number of alkyl halides is 1. The minimum Gasteiger partial charge on any atom is -0.478 e. The Hall–Kier alpha value is -0.430. The summed E-state index contributed by atoms with van der Waals surface area (Å²) in [6, 6.07) is 4.76. The summed E-state index contributed by atoms with van der Waals surface area (Å²) in [5.74, 6) is -1.30. The number of ketones is 1. The van der Waals surface area contributed by atoms with Gasteiger partial charge in [-0.05, 0) is 47.7 Å². The summed E-state index contributed by atoms with van der Waals surface area (Å²) in [7, 11) is 0. The summed E-state index contributed by atoms with van der Waals surface area (Å²) < 4.78 is 0.795. The second-order valence-electron chi connectivity index (χ2n) is 2.98. The molecule has 15 heavy (non-hydrogen) atoms. The fourth-order valence-electron chi connectivity index (χ4n) is 1.12. The molecule has 1 N–H and O–H groups in total. The monoisotopic (exact) mass is 382 g/mol. The second kappa shape index (κ2) is 5.07. The molecule has 0 saturated heterocycles. The molecule has 0 amide bonds. The lowest BCUT2D eigenvalue weighted by atomic mass is 10.0. The lowest BCUT2D eigenvalue weighted by Crippen LogP contribution is -2.15. The number of hydrogen-bond acceptors (Lipinski definition) is 2. The van der Waals surface area contributed by atoms with Crippen molar-refractivity contribution in [3.63, 3.8) is 0 Å². The van der Waals surface area contributed by atoms with Crippen LogP contribution in [0.25, 0.3) is 0 Å². The number of Topliss-reactive ketones (excluding diaryl/α,β-unsaturated/α-hetero) is 1. The third kappa shape index (κ3) is 3.01. The van der Waals surface area contributed by atoms with Gasteiger partial charge in [0.1, 0.15) is 0 Å². The molecule has 0 bridgehead atoms. The number of aromatic carboxylic acids is 1. The van der Waals surface area contributed by atoms with Gasteiger partial charge in [0.15, 0.2) is 5.78 Å². The Bertz CT molecular complexity index is 415. The minimum atomic E-state index is -1.08. The molecule has 0 aliphatic carbocycles. The maximum Gasteiger partial charge on any atom is 0.336 e. The molecule has 0 aliphatic rings. The van der Waals surface area contributed by atoms with Gasteiger partial charge in [0.25, 0.3) is 0 Å². The Kier molecular flexibility index (Phi) is 4.27. The molecule has 0 aromatic heterocycles. The van der Waals surface area contributed by atoms with E-state index in [2.05, 4.69) is 15.9 Å². The molecule has 80 valence electrons. The molecule has 1 unspecified atom stereocenters. The molecule has 0 fully saturated rings. The molecule has 1 atom stereocenters. The fraction of sp³-hybridized carbons (Fsp3) is 0.200. The van der Waals surface area contributed by atoms with Gasteiger partial charge in [0.05, 0.1) is 10.4 Å². The first-order valence-electron chi connectivity index (χ1n) is 4.14. The molecular formula is C10H8BrIO3. The number of carboxylic acid groups (broad SMARTS) is 1. The zero-order valence-corrected chi connectivity index (χ0v) is 11.6. The van der Waals surface area contributed by atoms with Crippen molar-refractivity contribution in [3.05, 3.63) is 32.9 Å². The van der Waals surface area contributed by atoms with Gasteiger partial charge >= 0.3 is 5.97 Å². The number of carbonyl (C=O) groups is 2. The van der Waals surface area contributed by atoms with Gasteiger partial charge in [-0.2, -0.15) is 0 Å². The van der Waals surface area contributed by atoms with Gasteiger partial charge in [0.2, 0.25) is 0 Å². The fourth-order valence-corrected chi connectivity index (χ4v) is 1.86. The van der Waals surface area contributed by atoms with Crippen molar-refractivity contribution >= 4 is 50.3 Å². The van der Waals surface area contributed by atoms with E-state index in [1.54, 1.807) is 19.1 Å². The first-order chi connectivity index (χ1) is 6.93. The van der Waals surface area contributed by atoms with Crippen LogP contribution in [0.2, 0.25) is 0 Å². The SMILES string of the molecule is CC(Br)C(=O)c1ccc(I)cc1C(=O)O. The van der Waals surface area contributed by atoms with Crippen LogP contribution < -0.4 is 0 Å². The van der Waals surface area contributed by atoms with Gasteiger partial charge in [-0.15, -0.1) is 0 Å². The Morgan fingerprint density at radius 3 is 2.47 bits per heavy atom. The van der Waals surface area contributed by atoms with Crippen molar-refractivity contribution in [3.8, 4) is 0 Å². The van der Waals surface area contributed by atoms with Crippen molar-refractivity contribution < 1.29 is 14.7 Å². The quantitative estimate of drug-likeness (QED) is 0.496. The number of benzene rings is 1. The van der Waals surface area contributed by atoms with Crippen LogP contribution in [0.5, 0.6) is 0 Å². The van der Waals surface area contributed by atoms with E-state index in [1.807, 2.05) is 22.6 Å². The minimum absolute atomic E-state index is 0.0539. The first-order valence-corrected chi connectivity index (χ1v) is 6.14. The smallest absolute Gasteiger partial charge is 0.336 e. The van der Waals surface area contributed by atoms with Crippen LogP contribution in [0.4, 0.5) is 0 Å². The third-order valence-corrected chi connectivity index (χ3v) is 2.93. The van der Waals surface area contributed by atoms with Gasteiger partial charge in [-0.3, -0.25) is 4.79 Å².